The van der Waals surface area contributed by atoms with Gasteiger partial charge in [-0.1, -0.05) is 0 Å². The summed E-state index contributed by atoms with van der Waals surface area (Å²) in [6, 6.07) is 0.604. The van der Waals surface area contributed by atoms with Crippen molar-refractivity contribution in [1.82, 2.24) is 15.1 Å². The van der Waals surface area contributed by atoms with E-state index in [1.807, 2.05) is 18.8 Å². The summed E-state index contributed by atoms with van der Waals surface area (Å²) in [6.45, 7) is 6.46. The van der Waals surface area contributed by atoms with E-state index in [4.69, 9.17) is 4.74 Å². The van der Waals surface area contributed by atoms with Crippen molar-refractivity contribution in [2.75, 3.05) is 64.5 Å². The predicted molar refractivity (Wildman–Crippen MR) is 90.6 cm³/mol. The molecule has 3 heterocycles. The van der Waals surface area contributed by atoms with Crippen molar-refractivity contribution in [1.29, 1.82) is 0 Å². The summed E-state index contributed by atoms with van der Waals surface area (Å²) in [5.41, 5.74) is -0.566. The third kappa shape index (κ3) is 3.88. The molecule has 0 aromatic heterocycles. The Hall–Kier alpha value is -0.500. The lowest BCUT2D eigenvalue weighted by Gasteiger charge is -2.32. The van der Waals surface area contributed by atoms with Crippen LogP contribution >= 0.6 is 11.8 Å². The smallest absolute Gasteiger partial charge is 0.193 e. The van der Waals surface area contributed by atoms with E-state index in [9.17, 15) is 5.11 Å². The monoisotopic (exact) mass is 328 g/mol. The molecule has 3 aliphatic heterocycles. The normalized spacial score (nSPS) is 34.4. The molecule has 3 fully saturated rings. The number of thioether (sulfide) groups is 1. The van der Waals surface area contributed by atoms with Gasteiger partial charge in [0.05, 0.1) is 18.8 Å². The molecule has 7 heteroatoms. The number of aliphatic hydroxyl groups is 1. The quantitative estimate of drug-likeness (QED) is 0.554. The van der Waals surface area contributed by atoms with Crippen LogP contribution in [0, 0.1) is 0 Å². The maximum absolute atomic E-state index is 10.5. The van der Waals surface area contributed by atoms with E-state index in [0.717, 1.165) is 63.3 Å². The number of rotatable bonds is 3. The molecule has 3 aliphatic rings. The highest BCUT2D eigenvalue weighted by molar-refractivity contribution is 7.99. The molecular weight excluding hydrogens is 300 g/mol. The van der Waals surface area contributed by atoms with Gasteiger partial charge in [-0.3, -0.25) is 9.89 Å². The third-order valence-electron chi connectivity index (χ3n) is 4.89. The van der Waals surface area contributed by atoms with Crippen LogP contribution in [0.25, 0.3) is 0 Å². The van der Waals surface area contributed by atoms with Gasteiger partial charge < -0.3 is 20.1 Å². The first-order valence-corrected chi connectivity index (χ1v) is 9.43. The number of ether oxygens (including phenoxy) is 1. The first kappa shape index (κ1) is 16.4. The second kappa shape index (κ2) is 7.38. The predicted octanol–water partition coefficient (Wildman–Crippen LogP) is -0.164. The minimum Gasteiger partial charge on any atom is -0.387 e. The number of guanidine groups is 1. The Morgan fingerprint density at radius 2 is 2.23 bits per heavy atom. The van der Waals surface area contributed by atoms with Gasteiger partial charge in [-0.25, -0.2) is 0 Å². The highest BCUT2D eigenvalue weighted by Gasteiger charge is 2.34. The lowest BCUT2D eigenvalue weighted by molar-refractivity contribution is 0.0194. The first-order valence-electron chi connectivity index (χ1n) is 8.28. The fourth-order valence-electron chi connectivity index (χ4n) is 3.49. The number of nitrogens with zero attached hydrogens (tertiary/aromatic N) is 3. The van der Waals surface area contributed by atoms with E-state index in [-0.39, 0.29) is 0 Å². The molecule has 0 spiro atoms. The molecule has 0 aromatic rings. The van der Waals surface area contributed by atoms with Crippen molar-refractivity contribution in [3.63, 3.8) is 0 Å². The molecule has 22 heavy (non-hydrogen) atoms. The van der Waals surface area contributed by atoms with Crippen LogP contribution in [-0.4, -0.2) is 97.0 Å². The zero-order valence-electron chi connectivity index (χ0n) is 13.5. The van der Waals surface area contributed by atoms with E-state index in [1.165, 1.54) is 6.42 Å². The molecule has 2 N–H and O–H groups in total. The third-order valence-corrected chi connectivity index (χ3v) is 6.13. The molecule has 2 atom stereocenters. The standard InChI is InChI=1S/C15H28N4O2S/c1-16-14(17-11-15(20)3-9-22-12-15)19-4-2-13(10-19)18-5-7-21-8-6-18/h13,20H,2-12H2,1H3,(H,16,17). The zero-order valence-corrected chi connectivity index (χ0v) is 14.3. The van der Waals surface area contributed by atoms with Gasteiger partial charge >= 0.3 is 0 Å². The van der Waals surface area contributed by atoms with Crippen molar-refractivity contribution in [3.05, 3.63) is 0 Å². The zero-order chi connectivity index (χ0) is 15.4. The van der Waals surface area contributed by atoms with Gasteiger partial charge in [0.15, 0.2) is 5.96 Å². The molecule has 0 amide bonds. The van der Waals surface area contributed by atoms with Gasteiger partial charge in [0.25, 0.3) is 0 Å². The number of morpholine rings is 1. The van der Waals surface area contributed by atoms with Crippen LogP contribution in [0.1, 0.15) is 12.8 Å². The summed E-state index contributed by atoms with van der Waals surface area (Å²) in [4.78, 5) is 9.28. The molecule has 0 radical (unpaired) electrons. The number of hydrogen-bond acceptors (Lipinski definition) is 5. The molecule has 2 unspecified atom stereocenters. The average molecular weight is 328 g/mol. The van der Waals surface area contributed by atoms with Crippen molar-refractivity contribution in [2.45, 2.75) is 24.5 Å². The van der Waals surface area contributed by atoms with Crippen LogP contribution in [0.4, 0.5) is 0 Å². The first-order chi connectivity index (χ1) is 10.7. The number of nitrogens with one attached hydrogen (secondary N) is 1. The summed E-state index contributed by atoms with van der Waals surface area (Å²) in [5.74, 6) is 2.81. The summed E-state index contributed by atoms with van der Waals surface area (Å²) >= 11 is 1.83. The second-order valence-electron chi connectivity index (χ2n) is 6.46. The van der Waals surface area contributed by atoms with Crippen LogP contribution in [0.3, 0.4) is 0 Å². The van der Waals surface area contributed by atoms with Gasteiger partial charge in [0.1, 0.15) is 0 Å². The summed E-state index contributed by atoms with van der Waals surface area (Å²) in [6.07, 6.45) is 2.05. The van der Waals surface area contributed by atoms with Crippen LogP contribution in [0.5, 0.6) is 0 Å². The summed E-state index contributed by atoms with van der Waals surface area (Å²) < 4.78 is 5.44. The lowest BCUT2D eigenvalue weighted by Crippen LogP contribution is -2.50. The maximum atomic E-state index is 10.5. The molecule has 3 saturated heterocycles. The molecule has 0 aromatic carbocycles. The van der Waals surface area contributed by atoms with Crippen molar-refractivity contribution in [2.24, 2.45) is 4.99 Å². The molecule has 0 saturated carbocycles. The Morgan fingerprint density at radius 1 is 1.41 bits per heavy atom. The molecule has 0 bridgehead atoms. The topological polar surface area (TPSA) is 60.3 Å². The van der Waals surface area contributed by atoms with Crippen LogP contribution in [0.2, 0.25) is 0 Å². The largest absolute Gasteiger partial charge is 0.387 e. The van der Waals surface area contributed by atoms with Gasteiger partial charge in [-0.15, -0.1) is 0 Å². The van der Waals surface area contributed by atoms with E-state index in [2.05, 4.69) is 20.1 Å². The Balaban J connectivity index is 1.49. The van der Waals surface area contributed by atoms with Crippen molar-refractivity contribution in [3.8, 4) is 0 Å². The van der Waals surface area contributed by atoms with Crippen molar-refractivity contribution >= 4 is 17.7 Å². The minimum absolute atomic E-state index is 0.566. The van der Waals surface area contributed by atoms with E-state index >= 15 is 0 Å². The van der Waals surface area contributed by atoms with Crippen LogP contribution in [0.15, 0.2) is 4.99 Å². The average Bonchev–Trinajstić information content (AvgIpc) is 3.19. The highest BCUT2D eigenvalue weighted by atomic mass is 32.2. The second-order valence-corrected chi connectivity index (χ2v) is 7.57. The molecule has 3 rings (SSSR count). The van der Waals surface area contributed by atoms with Gasteiger partial charge in [-0.2, -0.15) is 11.8 Å². The fraction of sp³-hybridized carbons (Fsp3) is 0.933. The molecule has 6 nitrogen and oxygen atoms in total. The van der Waals surface area contributed by atoms with Gasteiger partial charge in [-0.05, 0) is 18.6 Å². The summed E-state index contributed by atoms with van der Waals surface area (Å²) in [5, 5.41) is 13.8. The number of hydrogen-bond donors (Lipinski definition) is 2. The van der Waals surface area contributed by atoms with Crippen molar-refractivity contribution < 1.29 is 9.84 Å². The lowest BCUT2D eigenvalue weighted by atomic mass is 10.0. The minimum atomic E-state index is -0.566. The SMILES string of the molecule is CN=C(NCC1(O)CCSC1)N1CCC(N2CCOCC2)C1. The van der Waals surface area contributed by atoms with Gasteiger partial charge in [0.2, 0.25) is 0 Å². The maximum Gasteiger partial charge on any atom is 0.193 e. The van der Waals surface area contributed by atoms with E-state index < -0.39 is 5.60 Å². The Bertz CT molecular complexity index is 395. The molecule has 0 aliphatic carbocycles. The van der Waals surface area contributed by atoms with Crippen LogP contribution in [-0.2, 0) is 4.74 Å². The van der Waals surface area contributed by atoms with E-state index in [0.29, 0.717) is 12.6 Å². The Labute approximate surface area is 137 Å². The highest BCUT2D eigenvalue weighted by Crippen LogP contribution is 2.27. The van der Waals surface area contributed by atoms with E-state index in [1.54, 1.807) is 0 Å². The summed E-state index contributed by atoms with van der Waals surface area (Å²) in [7, 11) is 1.83. The Kier molecular flexibility index (Phi) is 5.49. The number of likely N-dealkylation sites (tertiary alicyclic amines) is 1. The number of aliphatic imine (C=N–C) groups is 1. The fourth-order valence-corrected chi connectivity index (χ4v) is 4.78. The molecular formula is C15H28N4O2S. The molecule has 126 valence electrons. The van der Waals surface area contributed by atoms with Gasteiger partial charge in [0, 0.05) is 51.6 Å². The van der Waals surface area contributed by atoms with Crippen LogP contribution < -0.4 is 5.32 Å². The Morgan fingerprint density at radius 3 is 2.91 bits per heavy atom.